The third-order valence-electron chi connectivity index (χ3n) is 4.20. The number of anilines is 2. The molecule has 0 unspecified atom stereocenters. The normalized spacial score (nSPS) is 15.1. The highest BCUT2D eigenvalue weighted by molar-refractivity contribution is 6.33. The highest BCUT2D eigenvalue weighted by atomic mass is 35.5. The van der Waals surface area contributed by atoms with Gasteiger partial charge < -0.3 is 9.80 Å². The molecular formula is C17H15Cl2N5. The fourth-order valence-corrected chi connectivity index (χ4v) is 3.42. The van der Waals surface area contributed by atoms with Crippen LogP contribution in [0.25, 0.3) is 10.9 Å². The zero-order valence-electron chi connectivity index (χ0n) is 12.9. The molecule has 1 aliphatic heterocycles. The van der Waals surface area contributed by atoms with Crippen molar-refractivity contribution in [1.82, 2.24) is 15.0 Å². The van der Waals surface area contributed by atoms with E-state index in [1.807, 2.05) is 30.3 Å². The number of pyridine rings is 1. The highest BCUT2D eigenvalue weighted by Gasteiger charge is 2.22. The van der Waals surface area contributed by atoms with Crippen LogP contribution in [-0.4, -0.2) is 41.1 Å². The van der Waals surface area contributed by atoms with Gasteiger partial charge in [0.25, 0.3) is 0 Å². The van der Waals surface area contributed by atoms with E-state index in [1.165, 1.54) is 0 Å². The first kappa shape index (κ1) is 15.4. The molecule has 4 rings (SSSR count). The first-order valence-electron chi connectivity index (χ1n) is 7.73. The van der Waals surface area contributed by atoms with E-state index < -0.39 is 0 Å². The Bertz CT molecular complexity index is 878. The molecule has 0 atom stereocenters. The monoisotopic (exact) mass is 359 g/mol. The Morgan fingerprint density at radius 3 is 2.33 bits per heavy atom. The average Bonchev–Trinajstić information content (AvgIpc) is 2.61. The van der Waals surface area contributed by atoms with Crippen molar-refractivity contribution in [2.75, 3.05) is 36.0 Å². The summed E-state index contributed by atoms with van der Waals surface area (Å²) in [6, 6.07) is 9.44. The second-order valence-electron chi connectivity index (χ2n) is 5.64. The van der Waals surface area contributed by atoms with Gasteiger partial charge in [0, 0.05) is 42.8 Å². The molecule has 0 amide bonds. The molecule has 0 saturated carbocycles. The predicted molar refractivity (Wildman–Crippen MR) is 98.2 cm³/mol. The summed E-state index contributed by atoms with van der Waals surface area (Å²) in [5.41, 5.74) is 0.864. The summed E-state index contributed by atoms with van der Waals surface area (Å²) in [7, 11) is 0. The van der Waals surface area contributed by atoms with Crippen molar-refractivity contribution in [2.45, 2.75) is 0 Å². The van der Waals surface area contributed by atoms with Crippen molar-refractivity contribution in [3.8, 4) is 0 Å². The number of fused-ring (bicyclic) bond motifs is 1. The first-order chi connectivity index (χ1) is 11.7. The number of aromatic nitrogens is 3. The number of halogens is 2. The molecule has 1 aliphatic rings. The van der Waals surface area contributed by atoms with E-state index in [0.717, 1.165) is 48.7 Å². The molecule has 0 spiro atoms. The Morgan fingerprint density at radius 1 is 0.833 bits per heavy atom. The van der Waals surface area contributed by atoms with Gasteiger partial charge in [-0.3, -0.25) is 0 Å². The Hall–Kier alpha value is -2.11. The van der Waals surface area contributed by atoms with Crippen molar-refractivity contribution in [3.63, 3.8) is 0 Å². The van der Waals surface area contributed by atoms with Crippen LogP contribution in [0.5, 0.6) is 0 Å². The van der Waals surface area contributed by atoms with Gasteiger partial charge in [-0.2, -0.15) is 0 Å². The summed E-state index contributed by atoms with van der Waals surface area (Å²) < 4.78 is 0. The Labute approximate surface area is 149 Å². The van der Waals surface area contributed by atoms with E-state index in [4.69, 9.17) is 23.2 Å². The third kappa shape index (κ3) is 2.85. The van der Waals surface area contributed by atoms with E-state index in [2.05, 4.69) is 24.8 Å². The minimum Gasteiger partial charge on any atom is -0.352 e. The van der Waals surface area contributed by atoms with Gasteiger partial charge >= 0.3 is 0 Å². The molecule has 0 N–H and O–H groups in total. The fourth-order valence-electron chi connectivity index (χ4n) is 3.01. The van der Waals surface area contributed by atoms with Gasteiger partial charge in [0.1, 0.15) is 18.0 Å². The summed E-state index contributed by atoms with van der Waals surface area (Å²) in [6.07, 6.45) is 3.37. The molecule has 1 saturated heterocycles. The maximum absolute atomic E-state index is 6.25. The fraction of sp³-hybridized carbons (Fsp3) is 0.235. The predicted octanol–water partition coefficient (Wildman–Crippen LogP) is 3.66. The van der Waals surface area contributed by atoms with Gasteiger partial charge in [-0.25, -0.2) is 15.0 Å². The van der Waals surface area contributed by atoms with Gasteiger partial charge in [0.2, 0.25) is 0 Å². The molecule has 122 valence electrons. The molecule has 7 heteroatoms. The minimum atomic E-state index is 0.682. The van der Waals surface area contributed by atoms with Gasteiger partial charge in [0.05, 0.1) is 10.5 Å². The smallest absolute Gasteiger partial charge is 0.147 e. The van der Waals surface area contributed by atoms with Crippen LogP contribution in [0.15, 0.2) is 42.9 Å². The molecule has 3 aromatic rings. The Kier molecular flexibility index (Phi) is 4.12. The topological polar surface area (TPSA) is 45.2 Å². The lowest BCUT2D eigenvalue weighted by atomic mass is 10.2. The maximum Gasteiger partial charge on any atom is 0.147 e. The molecule has 0 aliphatic carbocycles. The molecular weight excluding hydrogens is 345 g/mol. The van der Waals surface area contributed by atoms with Crippen LogP contribution in [0.3, 0.4) is 0 Å². The lowest BCUT2D eigenvalue weighted by Gasteiger charge is -2.36. The van der Waals surface area contributed by atoms with Gasteiger partial charge in [0.15, 0.2) is 0 Å². The van der Waals surface area contributed by atoms with Crippen molar-refractivity contribution in [3.05, 3.63) is 52.9 Å². The van der Waals surface area contributed by atoms with Crippen LogP contribution in [0.4, 0.5) is 11.6 Å². The zero-order valence-corrected chi connectivity index (χ0v) is 14.4. The summed E-state index contributed by atoms with van der Waals surface area (Å²) in [5, 5.41) is 2.39. The van der Waals surface area contributed by atoms with Crippen LogP contribution in [-0.2, 0) is 0 Å². The van der Waals surface area contributed by atoms with Gasteiger partial charge in [-0.1, -0.05) is 23.2 Å². The van der Waals surface area contributed by atoms with Gasteiger partial charge in [-0.05, 0) is 30.3 Å². The SMILES string of the molecule is Clc1ccc2c(N3CCN(c4ncccc4Cl)CC3)ncnc2c1. The first-order valence-corrected chi connectivity index (χ1v) is 8.48. The van der Waals surface area contributed by atoms with E-state index in [9.17, 15) is 0 Å². The summed E-state index contributed by atoms with van der Waals surface area (Å²) in [4.78, 5) is 17.7. The van der Waals surface area contributed by atoms with Crippen molar-refractivity contribution in [1.29, 1.82) is 0 Å². The number of hydrogen-bond donors (Lipinski definition) is 0. The van der Waals surface area contributed by atoms with Crippen LogP contribution < -0.4 is 9.80 Å². The molecule has 3 heterocycles. The van der Waals surface area contributed by atoms with Crippen molar-refractivity contribution >= 4 is 45.7 Å². The molecule has 5 nitrogen and oxygen atoms in total. The summed E-state index contributed by atoms with van der Waals surface area (Å²) in [6.45, 7) is 3.38. The van der Waals surface area contributed by atoms with E-state index in [0.29, 0.717) is 10.0 Å². The van der Waals surface area contributed by atoms with Crippen LogP contribution >= 0.6 is 23.2 Å². The maximum atomic E-state index is 6.25. The Balaban J connectivity index is 1.57. The minimum absolute atomic E-state index is 0.682. The number of piperazine rings is 1. The largest absolute Gasteiger partial charge is 0.352 e. The number of rotatable bonds is 2. The molecule has 1 fully saturated rings. The number of benzene rings is 1. The summed E-state index contributed by atoms with van der Waals surface area (Å²) in [5.74, 6) is 1.79. The van der Waals surface area contributed by atoms with E-state index >= 15 is 0 Å². The molecule has 0 bridgehead atoms. The van der Waals surface area contributed by atoms with Crippen LogP contribution in [0.2, 0.25) is 10.0 Å². The second-order valence-corrected chi connectivity index (χ2v) is 6.49. The number of nitrogens with zero attached hydrogens (tertiary/aromatic N) is 5. The van der Waals surface area contributed by atoms with E-state index in [-0.39, 0.29) is 0 Å². The highest BCUT2D eigenvalue weighted by Crippen LogP contribution is 2.28. The van der Waals surface area contributed by atoms with Gasteiger partial charge in [-0.15, -0.1) is 0 Å². The lowest BCUT2D eigenvalue weighted by Crippen LogP contribution is -2.47. The standard InChI is InChI=1S/C17H15Cl2N5/c18-12-3-4-13-15(10-12)21-11-22-16(13)23-6-8-24(9-7-23)17-14(19)2-1-5-20-17/h1-5,10-11H,6-9H2. The summed E-state index contributed by atoms with van der Waals surface area (Å²) >= 11 is 12.3. The third-order valence-corrected chi connectivity index (χ3v) is 4.73. The molecule has 1 aromatic carbocycles. The lowest BCUT2D eigenvalue weighted by molar-refractivity contribution is 0.643. The van der Waals surface area contributed by atoms with Crippen LogP contribution in [0.1, 0.15) is 0 Å². The molecule has 0 radical (unpaired) electrons. The molecule has 24 heavy (non-hydrogen) atoms. The van der Waals surface area contributed by atoms with Crippen LogP contribution in [0, 0.1) is 0 Å². The zero-order chi connectivity index (χ0) is 16.5. The Morgan fingerprint density at radius 2 is 1.58 bits per heavy atom. The second kappa shape index (κ2) is 6.42. The molecule has 2 aromatic heterocycles. The van der Waals surface area contributed by atoms with Crippen molar-refractivity contribution in [2.24, 2.45) is 0 Å². The van der Waals surface area contributed by atoms with Crippen molar-refractivity contribution < 1.29 is 0 Å². The quantitative estimate of drug-likeness (QED) is 0.698. The van der Waals surface area contributed by atoms with E-state index in [1.54, 1.807) is 12.5 Å². The number of hydrogen-bond acceptors (Lipinski definition) is 5. The average molecular weight is 360 g/mol.